The molecule has 0 fully saturated rings. The van der Waals surface area contributed by atoms with Crippen molar-refractivity contribution >= 4 is 32.9 Å². The van der Waals surface area contributed by atoms with Gasteiger partial charge >= 0.3 is 0 Å². The molecule has 3 nitrogen and oxygen atoms in total. The molecule has 6 heteroatoms. The van der Waals surface area contributed by atoms with Crippen LogP contribution in [0.25, 0.3) is 10.4 Å². The second-order valence-electron chi connectivity index (χ2n) is 8.31. The summed E-state index contributed by atoms with van der Waals surface area (Å²) < 4.78 is 1.01. The highest BCUT2D eigenvalue weighted by molar-refractivity contribution is 7.80. The van der Waals surface area contributed by atoms with Crippen molar-refractivity contribution in [3.8, 4) is 16.2 Å². The molecule has 0 radical (unpaired) electrons. The van der Waals surface area contributed by atoms with Gasteiger partial charge in [-0.15, -0.1) is 0 Å². The van der Waals surface area contributed by atoms with Crippen LogP contribution >= 0.6 is 32.9 Å². The number of hydrogen-bond donors (Lipinski definition) is 1. The Hall–Kier alpha value is -0.790. The van der Waals surface area contributed by atoms with E-state index in [1.807, 2.05) is 0 Å². The van der Waals surface area contributed by atoms with E-state index in [-0.39, 0.29) is 0 Å². The van der Waals surface area contributed by atoms with E-state index >= 15 is 0 Å². The van der Waals surface area contributed by atoms with Crippen LogP contribution in [0, 0.1) is 3.82 Å². The van der Waals surface area contributed by atoms with E-state index in [1.54, 1.807) is 20.7 Å². The number of hydrogen-bond acceptors (Lipinski definition) is 6. The summed E-state index contributed by atoms with van der Waals surface area (Å²) in [4.78, 5) is 6.22. The van der Waals surface area contributed by atoms with Crippen LogP contribution < -0.4 is 0 Å². The van der Waals surface area contributed by atoms with Crippen molar-refractivity contribution in [2.24, 2.45) is 0 Å². The predicted octanol–water partition coefficient (Wildman–Crippen LogP) is 7.72. The second kappa shape index (κ2) is 13.7. The van der Waals surface area contributed by atoms with Crippen LogP contribution in [-0.2, 0) is 19.5 Å². The number of phenolic OH excluding ortho intramolecular Hbond substituents is 1. The van der Waals surface area contributed by atoms with E-state index in [0.717, 1.165) is 86.3 Å². The molecule has 0 aliphatic heterocycles. The van der Waals surface area contributed by atoms with Crippen LogP contribution in [-0.4, -0.2) is 41.1 Å². The Morgan fingerprint density at radius 1 is 0.774 bits per heavy atom. The number of rotatable bonds is 14. The van der Waals surface area contributed by atoms with Gasteiger partial charge < -0.3 is 5.11 Å². The molecule has 0 saturated carbocycles. The fourth-order valence-electron chi connectivity index (χ4n) is 4.22. The van der Waals surface area contributed by atoms with Crippen molar-refractivity contribution in [1.29, 1.82) is 0 Å². The molecule has 0 atom stereocenters. The average Bonchev–Trinajstić information content (AvgIpc) is 3.12. The third kappa shape index (κ3) is 7.36. The number of aromatic hydroxyl groups is 1. The fraction of sp³-hybridized carbons (Fsp3) is 0.640. The van der Waals surface area contributed by atoms with E-state index in [2.05, 4.69) is 56.6 Å². The number of phenols is 1. The van der Waals surface area contributed by atoms with Gasteiger partial charge in [0.15, 0.2) is 0 Å². The lowest BCUT2D eigenvalue weighted by molar-refractivity contribution is 0.255. The smallest absolute Gasteiger partial charge is 0.124 e. The minimum atomic E-state index is 0.482. The van der Waals surface area contributed by atoms with Crippen LogP contribution in [0.5, 0.6) is 5.75 Å². The van der Waals surface area contributed by atoms with Gasteiger partial charge in [-0.2, -0.15) is 0 Å². The van der Waals surface area contributed by atoms with E-state index < -0.39 is 0 Å². The van der Waals surface area contributed by atoms with Crippen molar-refractivity contribution in [3.05, 3.63) is 32.6 Å². The normalized spacial score (nSPS) is 11.7. The lowest BCUT2D eigenvalue weighted by atomic mass is 9.99. The molecule has 2 rings (SSSR count). The lowest BCUT2D eigenvalue weighted by Gasteiger charge is -2.25. The van der Waals surface area contributed by atoms with Gasteiger partial charge in [-0.05, 0) is 81.5 Å². The van der Waals surface area contributed by atoms with Gasteiger partial charge in [0.1, 0.15) is 9.57 Å². The first-order chi connectivity index (χ1) is 15.0. The van der Waals surface area contributed by atoms with Gasteiger partial charge in [-0.1, -0.05) is 67.5 Å². The van der Waals surface area contributed by atoms with Crippen LogP contribution in [0.15, 0.2) is 12.1 Å². The monoisotopic (exact) mass is 480 g/mol. The first-order valence-corrected chi connectivity index (χ1v) is 14.5. The van der Waals surface area contributed by atoms with E-state index in [9.17, 15) is 5.11 Å². The molecule has 2 aromatic rings. The van der Waals surface area contributed by atoms with Crippen molar-refractivity contribution in [1.82, 2.24) is 9.80 Å². The summed E-state index contributed by atoms with van der Waals surface area (Å²) in [7, 11) is 3.48. The molecular formula is C25H40N2OS3. The molecule has 174 valence electrons. The Morgan fingerprint density at radius 2 is 1.23 bits per heavy atom. The molecule has 1 aromatic heterocycles. The van der Waals surface area contributed by atoms with Gasteiger partial charge in [0.2, 0.25) is 0 Å². The van der Waals surface area contributed by atoms with Gasteiger partial charge in [0, 0.05) is 24.2 Å². The molecular weight excluding hydrogens is 440 g/mol. The van der Waals surface area contributed by atoms with E-state index in [0.29, 0.717) is 5.75 Å². The Morgan fingerprint density at radius 3 is 1.61 bits per heavy atom. The first-order valence-electron chi connectivity index (χ1n) is 11.9. The quantitative estimate of drug-likeness (QED) is 0.221. The summed E-state index contributed by atoms with van der Waals surface area (Å²) in [6.07, 6.45) is 5.45. The molecule has 1 heterocycles. The van der Waals surface area contributed by atoms with Crippen LogP contribution in [0.1, 0.15) is 77.0 Å². The number of benzene rings is 1. The van der Waals surface area contributed by atoms with Crippen molar-refractivity contribution in [3.63, 3.8) is 0 Å². The van der Waals surface area contributed by atoms with Crippen molar-refractivity contribution in [2.45, 2.75) is 79.8 Å². The van der Waals surface area contributed by atoms with Gasteiger partial charge in [-0.25, -0.2) is 0 Å². The van der Waals surface area contributed by atoms with Gasteiger partial charge in [0.05, 0.1) is 4.88 Å². The molecule has 0 unspecified atom stereocenters. The minimum Gasteiger partial charge on any atom is -0.507 e. The van der Waals surface area contributed by atoms with Crippen molar-refractivity contribution < 1.29 is 5.11 Å². The summed E-state index contributed by atoms with van der Waals surface area (Å²) in [5, 5.41) is 11.3. The SMILES string of the molecule is CCCN(CCC)Cc1cc(-c2ssc(=S)c2CC)cc(CN(CCC)CCC)c1O. The maximum Gasteiger partial charge on any atom is 0.124 e. The second-order valence-corrected chi connectivity index (χ2v) is 11.1. The van der Waals surface area contributed by atoms with E-state index in [4.69, 9.17) is 12.2 Å². The predicted molar refractivity (Wildman–Crippen MR) is 141 cm³/mol. The lowest BCUT2D eigenvalue weighted by Crippen LogP contribution is -2.26. The molecule has 0 aliphatic carbocycles. The highest BCUT2D eigenvalue weighted by atomic mass is 32.9. The third-order valence-electron chi connectivity index (χ3n) is 5.55. The minimum absolute atomic E-state index is 0.482. The van der Waals surface area contributed by atoms with Crippen LogP contribution in [0.2, 0.25) is 0 Å². The summed E-state index contributed by atoms with van der Waals surface area (Å²) in [5.74, 6) is 0.482. The van der Waals surface area contributed by atoms with Gasteiger partial charge in [-0.3, -0.25) is 9.80 Å². The zero-order valence-corrected chi connectivity index (χ0v) is 22.4. The summed E-state index contributed by atoms with van der Waals surface area (Å²) >= 11 is 5.60. The first kappa shape index (κ1) is 26.5. The zero-order valence-electron chi connectivity index (χ0n) is 20.0. The molecule has 0 saturated heterocycles. The largest absolute Gasteiger partial charge is 0.507 e. The van der Waals surface area contributed by atoms with Crippen molar-refractivity contribution in [2.75, 3.05) is 26.2 Å². The molecule has 1 N–H and O–H groups in total. The molecule has 0 aliphatic rings. The molecule has 0 bridgehead atoms. The Kier molecular flexibility index (Phi) is 11.7. The van der Waals surface area contributed by atoms with Crippen LogP contribution in [0.4, 0.5) is 0 Å². The maximum atomic E-state index is 11.3. The zero-order chi connectivity index (χ0) is 22.8. The highest BCUT2D eigenvalue weighted by Gasteiger charge is 2.18. The Labute approximate surface area is 202 Å². The maximum absolute atomic E-state index is 11.3. The molecule has 31 heavy (non-hydrogen) atoms. The summed E-state index contributed by atoms with van der Waals surface area (Å²) in [6.45, 7) is 16.9. The van der Waals surface area contributed by atoms with E-state index in [1.165, 1.54) is 16.0 Å². The fourth-order valence-corrected chi connectivity index (χ4v) is 7.34. The molecule has 0 amide bonds. The topological polar surface area (TPSA) is 26.7 Å². The Bertz CT molecular complexity index is 808. The van der Waals surface area contributed by atoms with Crippen LogP contribution in [0.3, 0.4) is 0 Å². The molecule has 0 spiro atoms. The summed E-state index contributed by atoms with van der Waals surface area (Å²) in [5.41, 5.74) is 4.60. The average molecular weight is 481 g/mol. The highest BCUT2D eigenvalue weighted by Crippen LogP contribution is 2.39. The standard InChI is InChI=1S/C25H40N2OS3/c1-6-11-26(12-7-2)17-20-15-19(24-22(10-5)25(29)31-30-24)16-21(23(20)28)18-27(13-8-3)14-9-4/h15-16,28H,6-14,17-18H2,1-5H3. The van der Waals surface area contributed by atoms with Gasteiger partial charge in [0.25, 0.3) is 0 Å². The third-order valence-corrected chi connectivity index (χ3v) is 8.74. The Balaban J connectivity index is 2.53. The number of nitrogens with zero attached hydrogens (tertiary/aromatic N) is 2. The summed E-state index contributed by atoms with van der Waals surface area (Å²) in [6, 6.07) is 4.43. The molecule has 1 aromatic carbocycles.